The Bertz CT molecular complexity index is 915. The molecule has 2 unspecified atom stereocenters. The number of carbonyl (C=O) groups is 2. The number of benzene rings is 1. The maximum Gasteiger partial charge on any atom is 0.410 e. The molecular weight excluding hydrogens is 449 g/mol. The molecule has 3 aliphatic rings. The van der Waals surface area contributed by atoms with Crippen LogP contribution in [0.3, 0.4) is 0 Å². The summed E-state index contributed by atoms with van der Waals surface area (Å²) in [6.07, 6.45) is 1.27. The van der Waals surface area contributed by atoms with Crippen LogP contribution in [0.1, 0.15) is 71.3 Å². The number of halogens is 1. The van der Waals surface area contributed by atoms with Crippen LogP contribution in [0.15, 0.2) is 30.3 Å². The molecule has 35 heavy (non-hydrogen) atoms. The maximum absolute atomic E-state index is 16.2. The molecule has 3 fully saturated rings. The third-order valence-electron chi connectivity index (χ3n) is 8.03. The molecular formula is C27H40FN3O4. The van der Waals surface area contributed by atoms with Gasteiger partial charge in [-0.25, -0.2) is 14.0 Å². The number of piperidine rings is 2. The summed E-state index contributed by atoms with van der Waals surface area (Å²) in [5.74, 6) is 0.396. The summed E-state index contributed by atoms with van der Waals surface area (Å²) in [5.41, 5.74) is -1.57. The van der Waals surface area contributed by atoms with Gasteiger partial charge in [0.25, 0.3) is 0 Å². The molecule has 2 N–H and O–H groups in total. The van der Waals surface area contributed by atoms with Gasteiger partial charge in [-0.1, -0.05) is 30.3 Å². The summed E-state index contributed by atoms with van der Waals surface area (Å²) in [7, 11) is 0. The van der Waals surface area contributed by atoms with E-state index in [0.717, 1.165) is 6.42 Å². The fourth-order valence-electron chi connectivity index (χ4n) is 6.04. The molecule has 1 aromatic rings. The number of carboxylic acid groups (broad SMARTS) is 1. The molecule has 1 saturated carbocycles. The largest absolute Gasteiger partial charge is 0.465 e. The highest BCUT2D eigenvalue weighted by Crippen LogP contribution is 2.46. The molecule has 2 amide bonds. The van der Waals surface area contributed by atoms with Gasteiger partial charge in [0, 0.05) is 56.5 Å². The Morgan fingerprint density at radius 3 is 2.43 bits per heavy atom. The number of carbonyl (C=O) groups excluding carboxylic acids is 1. The van der Waals surface area contributed by atoms with Gasteiger partial charge in [0.1, 0.15) is 11.3 Å². The highest BCUT2D eigenvalue weighted by molar-refractivity contribution is 5.68. The predicted molar refractivity (Wildman–Crippen MR) is 132 cm³/mol. The second-order valence-electron chi connectivity index (χ2n) is 11.9. The molecule has 2 saturated heterocycles. The monoisotopic (exact) mass is 489 g/mol. The number of nitrogens with one attached hydrogen (secondary N) is 1. The van der Waals surface area contributed by atoms with Crippen LogP contribution in [0.4, 0.5) is 14.0 Å². The smallest absolute Gasteiger partial charge is 0.410 e. The van der Waals surface area contributed by atoms with Gasteiger partial charge in [-0.3, -0.25) is 0 Å². The van der Waals surface area contributed by atoms with Crippen LogP contribution in [0, 0.1) is 5.92 Å². The molecule has 7 nitrogen and oxygen atoms in total. The number of nitrogens with zero attached hydrogens (tertiary/aromatic N) is 2. The average molecular weight is 490 g/mol. The molecule has 2 aliphatic heterocycles. The van der Waals surface area contributed by atoms with Crippen molar-refractivity contribution in [3.63, 3.8) is 0 Å². The Hall–Kier alpha value is -2.35. The molecule has 0 bridgehead atoms. The van der Waals surface area contributed by atoms with Crippen molar-refractivity contribution >= 4 is 12.2 Å². The highest BCUT2D eigenvalue weighted by Gasteiger charge is 2.53. The predicted octanol–water partition coefficient (Wildman–Crippen LogP) is 5.02. The van der Waals surface area contributed by atoms with Gasteiger partial charge in [-0.2, -0.15) is 0 Å². The van der Waals surface area contributed by atoms with Crippen molar-refractivity contribution < 1.29 is 23.8 Å². The van der Waals surface area contributed by atoms with Crippen molar-refractivity contribution in [2.45, 2.75) is 88.6 Å². The molecule has 2 heterocycles. The van der Waals surface area contributed by atoms with Crippen molar-refractivity contribution in [2.75, 3.05) is 26.2 Å². The van der Waals surface area contributed by atoms with Gasteiger partial charge in [0.2, 0.25) is 0 Å². The quantitative estimate of drug-likeness (QED) is 0.607. The normalized spacial score (nSPS) is 31.8. The third kappa shape index (κ3) is 5.90. The molecule has 4 atom stereocenters. The van der Waals surface area contributed by atoms with Crippen LogP contribution in [-0.4, -0.2) is 76.1 Å². The second-order valence-corrected chi connectivity index (χ2v) is 11.9. The van der Waals surface area contributed by atoms with Gasteiger partial charge in [-0.15, -0.1) is 0 Å². The molecule has 0 radical (unpaired) electrons. The Kier molecular flexibility index (Phi) is 7.06. The summed E-state index contributed by atoms with van der Waals surface area (Å²) >= 11 is 0. The molecule has 1 aromatic carbocycles. The fraction of sp³-hybridized carbons (Fsp3) is 0.704. The van der Waals surface area contributed by atoms with Crippen molar-refractivity contribution in [1.82, 2.24) is 15.1 Å². The van der Waals surface area contributed by atoms with Crippen LogP contribution in [0.25, 0.3) is 0 Å². The highest BCUT2D eigenvalue weighted by atomic mass is 19.1. The molecule has 4 rings (SSSR count). The molecule has 8 heteroatoms. The first-order valence-corrected chi connectivity index (χ1v) is 12.9. The first-order chi connectivity index (χ1) is 16.4. The Labute approximate surface area is 208 Å². The Morgan fingerprint density at radius 1 is 1.17 bits per heavy atom. The van der Waals surface area contributed by atoms with E-state index in [1.54, 1.807) is 4.90 Å². The van der Waals surface area contributed by atoms with Gasteiger partial charge in [0.15, 0.2) is 0 Å². The van der Waals surface area contributed by atoms with Crippen molar-refractivity contribution in [3.8, 4) is 0 Å². The zero-order valence-corrected chi connectivity index (χ0v) is 21.4. The summed E-state index contributed by atoms with van der Waals surface area (Å²) in [6.45, 7) is 8.80. The van der Waals surface area contributed by atoms with E-state index in [1.165, 1.54) is 10.5 Å². The third-order valence-corrected chi connectivity index (χ3v) is 8.03. The van der Waals surface area contributed by atoms with Crippen LogP contribution < -0.4 is 5.32 Å². The van der Waals surface area contributed by atoms with E-state index < -0.39 is 22.9 Å². The minimum absolute atomic E-state index is 0.0225. The zero-order valence-electron chi connectivity index (χ0n) is 21.4. The van der Waals surface area contributed by atoms with Crippen LogP contribution in [0.2, 0.25) is 0 Å². The Morgan fingerprint density at radius 2 is 1.83 bits per heavy atom. The Balaban J connectivity index is 1.38. The lowest BCUT2D eigenvalue weighted by atomic mass is 9.69. The maximum atomic E-state index is 16.2. The number of rotatable bonds is 5. The summed E-state index contributed by atoms with van der Waals surface area (Å²) in [6, 6.07) is 10.6. The van der Waals surface area contributed by atoms with E-state index in [9.17, 15) is 14.7 Å². The minimum Gasteiger partial charge on any atom is -0.465 e. The fourth-order valence-corrected chi connectivity index (χ4v) is 6.04. The molecule has 194 valence electrons. The SMILES string of the molecule is CC(C)(C)OC(=O)N1CCC(C2(C)CC(F)(CN[C@@H]3C[C@H]3c3ccccc3)CCN2C(=O)O)CC1. The van der Waals surface area contributed by atoms with Gasteiger partial charge < -0.3 is 25.0 Å². The van der Waals surface area contributed by atoms with E-state index in [2.05, 4.69) is 17.4 Å². The van der Waals surface area contributed by atoms with Crippen molar-refractivity contribution in [1.29, 1.82) is 0 Å². The first-order valence-electron chi connectivity index (χ1n) is 12.9. The van der Waals surface area contributed by atoms with E-state index >= 15 is 4.39 Å². The summed E-state index contributed by atoms with van der Waals surface area (Å²) < 4.78 is 21.7. The second kappa shape index (κ2) is 9.60. The molecule has 1 aliphatic carbocycles. The van der Waals surface area contributed by atoms with Crippen LogP contribution in [0.5, 0.6) is 0 Å². The van der Waals surface area contributed by atoms with Crippen LogP contribution >= 0.6 is 0 Å². The minimum atomic E-state index is -1.47. The number of hydrogen-bond acceptors (Lipinski definition) is 4. The van der Waals surface area contributed by atoms with Gasteiger partial charge in [-0.05, 0) is 58.4 Å². The van der Waals surface area contributed by atoms with E-state index in [-0.39, 0.29) is 44.0 Å². The van der Waals surface area contributed by atoms with Crippen LogP contribution in [-0.2, 0) is 4.74 Å². The number of ether oxygens (including phenoxy) is 1. The first kappa shape index (κ1) is 25.7. The lowest BCUT2D eigenvalue weighted by Crippen LogP contribution is -2.64. The zero-order chi connectivity index (χ0) is 25.4. The van der Waals surface area contributed by atoms with Gasteiger partial charge in [0.05, 0.1) is 0 Å². The van der Waals surface area contributed by atoms with E-state index in [1.807, 2.05) is 45.9 Å². The summed E-state index contributed by atoms with van der Waals surface area (Å²) in [5, 5.41) is 13.4. The number of alkyl halides is 1. The van der Waals surface area contributed by atoms with E-state index in [4.69, 9.17) is 4.74 Å². The van der Waals surface area contributed by atoms with E-state index in [0.29, 0.717) is 31.8 Å². The topological polar surface area (TPSA) is 82.1 Å². The number of amides is 2. The number of hydrogen-bond donors (Lipinski definition) is 2. The van der Waals surface area contributed by atoms with Crippen molar-refractivity contribution in [3.05, 3.63) is 35.9 Å². The lowest BCUT2D eigenvalue weighted by Gasteiger charge is -2.54. The number of likely N-dealkylation sites (tertiary alicyclic amines) is 2. The summed E-state index contributed by atoms with van der Waals surface area (Å²) in [4.78, 5) is 27.7. The molecule has 0 spiro atoms. The standard InChI is InChI=1S/C27H40FN3O4/c1-25(2,3)35-24(34)30-13-10-20(11-14-30)26(4)17-27(28,12-15-31(26)23(32)33)18-29-22-16-21(22)19-8-6-5-7-9-19/h5-9,20-22,29H,10-18H2,1-4H3,(H,32,33)/t21-,22+,26?,27?/m0/s1. The van der Waals surface area contributed by atoms with Crippen molar-refractivity contribution in [2.24, 2.45) is 5.92 Å². The van der Waals surface area contributed by atoms with Gasteiger partial charge >= 0.3 is 12.2 Å². The molecule has 0 aromatic heterocycles. The lowest BCUT2D eigenvalue weighted by molar-refractivity contribution is -0.0638. The average Bonchev–Trinajstić information content (AvgIpc) is 3.57.